The van der Waals surface area contributed by atoms with Crippen molar-refractivity contribution in [2.45, 2.75) is 25.4 Å². The maximum Gasteiger partial charge on any atom is 0.471 e. The van der Waals surface area contributed by atoms with Crippen molar-refractivity contribution >= 4 is 11.9 Å². The molecule has 0 aliphatic rings. The maximum atomic E-state index is 11.9. The van der Waals surface area contributed by atoms with Crippen molar-refractivity contribution in [2.75, 3.05) is 13.6 Å². The number of hydrogen-bond acceptors (Lipinski definition) is 2. The Bertz CT molecular complexity index is 240. The first-order valence-electron chi connectivity index (χ1n) is 4.29. The highest BCUT2D eigenvalue weighted by Crippen LogP contribution is 2.17. The summed E-state index contributed by atoms with van der Waals surface area (Å²) in [5, 5.41) is 8.26. The zero-order valence-electron chi connectivity index (χ0n) is 8.17. The van der Waals surface area contributed by atoms with Crippen LogP contribution in [0.1, 0.15) is 19.3 Å². The zero-order chi connectivity index (χ0) is 12.1. The molecule has 0 saturated heterocycles. The molecule has 0 fully saturated rings. The molecule has 15 heavy (non-hydrogen) atoms. The van der Waals surface area contributed by atoms with Crippen molar-refractivity contribution in [2.24, 2.45) is 0 Å². The van der Waals surface area contributed by atoms with Crippen molar-refractivity contribution in [1.82, 2.24) is 4.90 Å². The Morgan fingerprint density at radius 3 is 2.20 bits per heavy atom. The molecule has 7 heteroatoms. The summed E-state index contributed by atoms with van der Waals surface area (Å²) < 4.78 is 35.6. The zero-order valence-corrected chi connectivity index (χ0v) is 8.17. The lowest BCUT2D eigenvalue weighted by atomic mass is 10.2. The van der Waals surface area contributed by atoms with Gasteiger partial charge in [0, 0.05) is 20.0 Å². The number of nitrogens with zero attached hydrogens (tertiary/aromatic N) is 1. The number of carbonyl (C=O) groups is 2. The summed E-state index contributed by atoms with van der Waals surface area (Å²) in [6.45, 7) is -0.0916. The molecule has 0 aromatic carbocycles. The molecule has 0 atom stereocenters. The third-order valence-electron chi connectivity index (χ3n) is 1.72. The number of carboxylic acid groups (broad SMARTS) is 1. The molecular formula is C8H12F3NO3. The molecule has 0 spiro atoms. The number of hydrogen-bond donors (Lipinski definition) is 1. The molecule has 0 unspecified atom stereocenters. The Kier molecular flexibility index (Phi) is 5.10. The molecule has 0 aromatic heterocycles. The Morgan fingerprint density at radius 2 is 1.80 bits per heavy atom. The van der Waals surface area contributed by atoms with Crippen LogP contribution in [0.25, 0.3) is 0 Å². The molecule has 1 amide bonds. The summed E-state index contributed by atoms with van der Waals surface area (Å²) in [5.74, 6) is -2.90. The molecule has 0 bridgehead atoms. The van der Waals surface area contributed by atoms with Gasteiger partial charge in [-0.2, -0.15) is 13.2 Å². The molecule has 0 rings (SSSR count). The second-order valence-electron chi connectivity index (χ2n) is 3.08. The van der Waals surface area contributed by atoms with Crippen LogP contribution < -0.4 is 0 Å². The van der Waals surface area contributed by atoms with Crippen LogP contribution in [-0.2, 0) is 9.59 Å². The van der Waals surface area contributed by atoms with Gasteiger partial charge in [0.2, 0.25) is 0 Å². The van der Waals surface area contributed by atoms with Gasteiger partial charge >= 0.3 is 18.1 Å². The van der Waals surface area contributed by atoms with Crippen molar-refractivity contribution in [3.05, 3.63) is 0 Å². The smallest absolute Gasteiger partial charge is 0.471 e. The number of aliphatic carboxylic acids is 1. The second kappa shape index (κ2) is 5.57. The summed E-state index contributed by atoms with van der Waals surface area (Å²) in [4.78, 5) is 21.2. The molecule has 0 radical (unpaired) electrons. The van der Waals surface area contributed by atoms with Crippen LogP contribution in [0.15, 0.2) is 0 Å². The lowest BCUT2D eigenvalue weighted by Crippen LogP contribution is -2.38. The summed E-state index contributed by atoms with van der Waals surface area (Å²) in [6, 6.07) is 0. The number of alkyl halides is 3. The first kappa shape index (κ1) is 13.7. The lowest BCUT2D eigenvalue weighted by molar-refractivity contribution is -0.184. The Labute approximate surface area is 84.7 Å². The second-order valence-corrected chi connectivity index (χ2v) is 3.08. The van der Waals surface area contributed by atoms with E-state index in [-0.39, 0.29) is 25.8 Å². The van der Waals surface area contributed by atoms with E-state index in [1.807, 2.05) is 0 Å². The molecule has 0 aliphatic heterocycles. The molecule has 0 aliphatic carbocycles. The molecule has 0 aromatic rings. The van der Waals surface area contributed by atoms with Crippen molar-refractivity contribution < 1.29 is 27.9 Å². The number of amides is 1. The highest BCUT2D eigenvalue weighted by molar-refractivity contribution is 5.81. The first-order chi connectivity index (χ1) is 6.75. The van der Waals surface area contributed by atoms with Crippen molar-refractivity contribution in [3.8, 4) is 0 Å². The van der Waals surface area contributed by atoms with Gasteiger partial charge in [-0.1, -0.05) is 0 Å². The third kappa shape index (κ3) is 5.92. The molecule has 4 nitrogen and oxygen atoms in total. The average Bonchev–Trinajstić information content (AvgIpc) is 2.09. The van der Waals surface area contributed by atoms with E-state index < -0.39 is 18.1 Å². The van der Waals surface area contributed by atoms with E-state index in [1.165, 1.54) is 0 Å². The van der Waals surface area contributed by atoms with Gasteiger partial charge in [0.05, 0.1) is 0 Å². The number of rotatable bonds is 5. The van der Waals surface area contributed by atoms with Crippen LogP contribution in [-0.4, -0.2) is 41.7 Å². The van der Waals surface area contributed by atoms with E-state index in [0.717, 1.165) is 7.05 Å². The molecule has 0 saturated carbocycles. The van der Waals surface area contributed by atoms with Crippen molar-refractivity contribution in [3.63, 3.8) is 0 Å². The summed E-state index contributed by atoms with van der Waals surface area (Å²) in [5.41, 5.74) is 0. The van der Waals surface area contributed by atoms with Gasteiger partial charge in [-0.15, -0.1) is 0 Å². The van der Waals surface area contributed by atoms with Crippen LogP contribution in [0, 0.1) is 0 Å². The standard InChI is InChI=1S/C8H12F3NO3/c1-12(7(15)8(9,10)11)5-3-2-4-6(13)14/h2-5H2,1H3,(H,13,14). The van der Waals surface area contributed by atoms with Gasteiger partial charge in [-0.3, -0.25) is 9.59 Å². The fourth-order valence-electron chi connectivity index (χ4n) is 0.943. The number of unbranched alkanes of at least 4 members (excludes halogenated alkanes) is 1. The average molecular weight is 227 g/mol. The van der Waals surface area contributed by atoms with E-state index in [4.69, 9.17) is 5.11 Å². The highest BCUT2D eigenvalue weighted by Gasteiger charge is 2.40. The van der Waals surface area contributed by atoms with Gasteiger partial charge < -0.3 is 10.0 Å². The quantitative estimate of drug-likeness (QED) is 0.719. The minimum Gasteiger partial charge on any atom is -0.481 e. The minimum absolute atomic E-state index is 0.0916. The van der Waals surface area contributed by atoms with E-state index >= 15 is 0 Å². The largest absolute Gasteiger partial charge is 0.481 e. The van der Waals surface area contributed by atoms with Gasteiger partial charge in [-0.05, 0) is 12.8 Å². The fraction of sp³-hybridized carbons (Fsp3) is 0.750. The summed E-state index contributed by atoms with van der Waals surface area (Å²) in [6.07, 6.45) is -4.47. The van der Waals surface area contributed by atoms with Crippen LogP contribution >= 0.6 is 0 Å². The summed E-state index contributed by atoms with van der Waals surface area (Å²) >= 11 is 0. The fourth-order valence-corrected chi connectivity index (χ4v) is 0.943. The Morgan fingerprint density at radius 1 is 1.27 bits per heavy atom. The lowest BCUT2D eigenvalue weighted by Gasteiger charge is -2.18. The predicted octanol–water partition coefficient (Wildman–Crippen LogP) is 1.26. The predicted molar refractivity (Wildman–Crippen MR) is 45.2 cm³/mol. The van der Waals surface area contributed by atoms with Gasteiger partial charge in [0.15, 0.2) is 0 Å². The number of carbonyl (C=O) groups excluding carboxylic acids is 1. The van der Waals surface area contributed by atoms with E-state index in [9.17, 15) is 22.8 Å². The van der Waals surface area contributed by atoms with Crippen LogP contribution in [0.4, 0.5) is 13.2 Å². The Hall–Kier alpha value is -1.27. The molecule has 0 heterocycles. The van der Waals surface area contributed by atoms with Crippen LogP contribution in [0.5, 0.6) is 0 Å². The molecule has 88 valence electrons. The van der Waals surface area contributed by atoms with Crippen molar-refractivity contribution in [1.29, 1.82) is 0 Å². The van der Waals surface area contributed by atoms with Gasteiger partial charge in [0.1, 0.15) is 0 Å². The SMILES string of the molecule is CN(CCCCC(=O)O)C(=O)C(F)(F)F. The van der Waals surface area contributed by atoms with E-state index in [1.54, 1.807) is 0 Å². The first-order valence-corrected chi connectivity index (χ1v) is 4.29. The van der Waals surface area contributed by atoms with E-state index in [0.29, 0.717) is 4.90 Å². The monoisotopic (exact) mass is 227 g/mol. The van der Waals surface area contributed by atoms with Gasteiger partial charge in [-0.25, -0.2) is 0 Å². The number of carboxylic acids is 1. The van der Waals surface area contributed by atoms with Crippen LogP contribution in [0.3, 0.4) is 0 Å². The van der Waals surface area contributed by atoms with Crippen LogP contribution in [0.2, 0.25) is 0 Å². The minimum atomic E-state index is -4.86. The third-order valence-corrected chi connectivity index (χ3v) is 1.72. The highest BCUT2D eigenvalue weighted by atomic mass is 19.4. The number of halogens is 3. The van der Waals surface area contributed by atoms with E-state index in [2.05, 4.69) is 0 Å². The Balaban J connectivity index is 3.80. The maximum absolute atomic E-state index is 11.9. The topological polar surface area (TPSA) is 57.6 Å². The van der Waals surface area contributed by atoms with Gasteiger partial charge in [0.25, 0.3) is 0 Å². The summed E-state index contributed by atoms with van der Waals surface area (Å²) in [7, 11) is 1.04. The molecular weight excluding hydrogens is 215 g/mol. The normalized spacial score (nSPS) is 11.2. The molecule has 1 N–H and O–H groups in total.